The number of hydrogen-bond donors (Lipinski definition) is 2. The van der Waals surface area contributed by atoms with Crippen LogP contribution in [-0.2, 0) is 6.42 Å². The Hall–Kier alpha value is -4.17. The maximum atomic E-state index is 13.9. The van der Waals surface area contributed by atoms with E-state index in [-0.39, 0.29) is 11.7 Å². The molecule has 8 nitrogen and oxygen atoms in total. The van der Waals surface area contributed by atoms with Crippen LogP contribution >= 0.6 is 11.6 Å². The monoisotopic (exact) mass is 589 g/mol. The number of aryl methyl sites for hydroxylation is 1. The quantitative estimate of drug-likeness (QED) is 0.196. The average molecular weight is 590 g/mol. The van der Waals surface area contributed by atoms with Gasteiger partial charge >= 0.3 is 0 Å². The van der Waals surface area contributed by atoms with Gasteiger partial charge in [0.15, 0.2) is 11.5 Å². The number of carbonyl (C=O) groups excluding carboxylic acids is 1. The molecular weight excluding hydrogens is 554 g/mol. The first-order valence-electron chi connectivity index (χ1n) is 14.0. The number of amides is 1. The van der Waals surface area contributed by atoms with Crippen LogP contribution in [0.1, 0.15) is 59.1 Å². The normalized spacial score (nSPS) is 14.4. The van der Waals surface area contributed by atoms with Crippen molar-refractivity contribution in [1.29, 1.82) is 0 Å². The van der Waals surface area contributed by atoms with Crippen LogP contribution in [0, 0.1) is 12.8 Å². The molecule has 2 N–H and O–H groups in total. The number of H-pyrrole nitrogens is 1. The van der Waals surface area contributed by atoms with E-state index in [1.807, 2.05) is 54.3 Å². The number of aromatic nitrogens is 2. The number of benzene rings is 3. The molecule has 220 valence electrons. The second-order valence-electron chi connectivity index (χ2n) is 10.9. The number of aromatic hydroxyl groups is 1. The molecule has 0 radical (unpaired) electrons. The van der Waals surface area contributed by atoms with Gasteiger partial charge in [-0.25, -0.2) is 0 Å². The SMILES string of the molecule is COc1ccc(CCN2C(=O)c3[nH]nc(-c4cc(Cl)c(C)cc4O)c3C2c2ccc(OCCC(C)C)c(OC)c2)cc1. The van der Waals surface area contributed by atoms with Gasteiger partial charge in [-0.15, -0.1) is 0 Å². The fourth-order valence-electron chi connectivity index (χ4n) is 5.25. The van der Waals surface area contributed by atoms with Gasteiger partial charge < -0.3 is 24.2 Å². The fraction of sp³-hybridized carbons (Fsp3) is 0.333. The van der Waals surface area contributed by atoms with Gasteiger partial charge in [-0.1, -0.05) is 43.6 Å². The molecule has 0 saturated carbocycles. The third-order valence-electron chi connectivity index (χ3n) is 7.65. The highest BCUT2D eigenvalue weighted by atomic mass is 35.5. The van der Waals surface area contributed by atoms with E-state index < -0.39 is 6.04 Å². The highest BCUT2D eigenvalue weighted by Gasteiger charge is 2.42. The predicted octanol–water partition coefficient (Wildman–Crippen LogP) is 6.97. The van der Waals surface area contributed by atoms with Crippen LogP contribution in [0.4, 0.5) is 0 Å². The minimum absolute atomic E-state index is 0.0422. The van der Waals surface area contributed by atoms with Gasteiger partial charge in [0, 0.05) is 22.7 Å². The van der Waals surface area contributed by atoms with Gasteiger partial charge in [-0.2, -0.15) is 5.10 Å². The van der Waals surface area contributed by atoms with Gasteiger partial charge in [0.25, 0.3) is 5.91 Å². The van der Waals surface area contributed by atoms with Gasteiger partial charge in [0.2, 0.25) is 0 Å². The molecule has 1 atom stereocenters. The van der Waals surface area contributed by atoms with Gasteiger partial charge in [0.05, 0.1) is 26.9 Å². The molecule has 1 aliphatic rings. The summed E-state index contributed by atoms with van der Waals surface area (Å²) in [5, 5.41) is 18.8. The first kappa shape index (κ1) is 29.3. The number of fused-ring (bicyclic) bond motifs is 1. The van der Waals surface area contributed by atoms with E-state index in [9.17, 15) is 9.90 Å². The lowest BCUT2D eigenvalue weighted by molar-refractivity contribution is 0.0745. The summed E-state index contributed by atoms with van der Waals surface area (Å²) in [4.78, 5) is 15.7. The molecule has 1 aromatic heterocycles. The van der Waals surface area contributed by atoms with Gasteiger partial charge in [0.1, 0.15) is 22.9 Å². The van der Waals surface area contributed by atoms with Crippen LogP contribution in [0.3, 0.4) is 0 Å². The highest BCUT2D eigenvalue weighted by molar-refractivity contribution is 6.31. The second kappa shape index (κ2) is 12.4. The van der Waals surface area contributed by atoms with Crippen LogP contribution in [0.2, 0.25) is 5.02 Å². The summed E-state index contributed by atoms with van der Waals surface area (Å²) in [7, 11) is 3.24. The third-order valence-corrected chi connectivity index (χ3v) is 8.06. The molecule has 42 heavy (non-hydrogen) atoms. The number of phenolic OH excluding ortho intramolecular Hbond substituents is 1. The zero-order chi connectivity index (χ0) is 30.0. The summed E-state index contributed by atoms with van der Waals surface area (Å²) in [5.74, 6) is 2.39. The van der Waals surface area contributed by atoms with Crippen molar-refractivity contribution in [2.45, 2.75) is 39.7 Å². The van der Waals surface area contributed by atoms with Crippen LogP contribution in [0.25, 0.3) is 11.3 Å². The van der Waals surface area contributed by atoms with Crippen molar-refractivity contribution in [2.24, 2.45) is 5.92 Å². The number of hydrogen-bond acceptors (Lipinski definition) is 6. The van der Waals surface area contributed by atoms with Crippen molar-refractivity contribution in [1.82, 2.24) is 15.1 Å². The lowest BCUT2D eigenvalue weighted by atomic mass is 9.94. The fourth-order valence-corrected chi connectivity index (χ4v) is 5.42. The Balaban J connectivity index is 1.56. The third kappa shape index (κ3) is 5.77. The van der Waals surface area contributed by atoms with E-state index in [0.29, 0.717) is 64.5 Å². The summed E-state index contributed by atoms with van der Waals surface area (Å²) in [6.07, 6.45) is 1.56. The molecule has 4 aromatic rings. The number of rotatable bonds is 11. The van der Waals surface area contributed by atoms with E-state index in [1.54, 1.807) is 26.4 Å². The number of halogens is 1. The number of nitrogens with one attached hydrogen (secondary N) is 1. The average Bonchev–Trinajstić information content (AvgIpc) is 3.52. The Kier molecular flexibility index (Phi) is 8.64. The number of phenols is 1. The maximum absolute atomic E-state index is 13.9. The van der Waals surface area contributed by atoms with Crippen LogP contribution in [-0.4, -0.2) is 53.5 Å². The number of methoxy groups -OCH3 is 2. The molecule has 0 bridgehead atoms. The van der Waals surface area contributed by atoms with Crippen molar-refractivity contribution in [2.75, 3.05) is 27.4 Å². The van der Waals surface area contributed by atoms with Crippen LogP contribution in [0.15, 0.2) is 54.6 Å². The second-order valence-corrected chi connectivity index (χ2v) is 11.3. The topological polar surface area (TPSA) is 96.9 Å². The summed E-state index contributed by atoms with van der Waals surface area (Å²) in [6.45, 7) is 7.16. The number of aromatic amines is 1. The lowest BCUT2D eigenvalue weighted by Gasteiger charge is -2.27. The minimum atomic E-state index is -0.488. The molecular formula is C33H36ClN3O5. The first-order chi connectivity index (χ1) is 20.2. The van der Waals surface area contributed by atoms with Crippen molar-refractivity contribution < 1.29 is 24.1 Å². The van der Waals surface area contributed by atoms with Crippen LogP contribution < -0.4 is 14.2 Å². The maximum Gasteiger partial charge on any atom is 0.273 e. The van der Waals surface area contributed by atoms with Crippen molar-refractivity contribution in [3.05, 3.63) is 87.6 Å². The number of nitrogens with zero attached hydrogens (tertiary/aromatic N) is 2. The summed E-state index contributed by atoms with van der Waals surface area (Å²) in [6, 6.07) is 16.4. The Morgan fingerprint density at radius 2 is 1.81 bits per heavy atom. The largest absolute Gasteiger partial charge is 0.507 e. The molecule has 1 unspecified atom stereocenters. The Bertz CT molecular complexity index is 1580. The van der Waals surface area contributed by atoms with Crippen LogP contribution in [0.5, 0.6) is 23.0 Å². The summed E-state index contributed by atoms with van der Waals surface area (Å²) in [5.41, 5.74) is 4.66. The molecule has 0 spiro atoms. The highest BCUT2D eigenvalue weighted by Crippen LogP contribution is 2.46. The van der Waals surface area contributed by atoms with Crippen molar-refractivity contribution >= 4 is 17.5 Å². The Labute approximate surface area is 251 Å². The van der Waals surface area contributed by atoms with E-state index in [0.717, 1.165) is 28.9 Å². The molecule has 0 saturated heterocycles. The summed E-state index contributed by atoms with van der Waals surface area (Å²) < 4.78 is 17.1. The van der Waals surface area contributed by atoms with E-state index >= 15 is 0 Å². The molecule has 3 aromatic carbocycles. The molecule has 5 rings (SSSR count). The van der Waals surface area contributed by atoms with Crippen molar-refractivity contribution in [3.8, 4) is 34.3 Å². The first-order valence-corrected chi connectivity index (χ1v) is 14.4. The molecule has 0 fully saturated rings. The molecule has 1 amide bonds. The van der Waals surface area contributed by atoms with Crippen molar-refractivity contribution in [3.63, 3.8) is 0 Å². The predicted molar refractivity (Wildman–Crippen MR) is 163 cm³/mol. The molecule has 9 heteroatoms. The van der Waals surface area contributed by atoms with E-state index in [1.165, 1.54) is 0 Å². The Morgan fingerprint density at radius 1 is 1.05 bits per heavy atom. The zero-order valence-electron chi connectivity index (χ0n) is 24.5. The summed E-state index contributed by atoms with van der Waals surface area (Å²) >= 11 is 6.46. The molecule has 2 heterocycles. The minimum Gasteiger partial charge on any atom is -0.507 e. The number of ether oxygens (including phenoxy) is 3. The standard InChI is InChI=1S/C33H36ClN3O5/c1-19(2)13-15-42-27-11-8-22(17-28(27)41-5)32-29-30(24-18-25(34)20(3)16-26(24)38)35-36-31(29)33(39)37(32)14-12-21-6-9-23(40-4)10-7-21/h6-11,16-19,32,38H,12-15H2,1-5H3,(H,35,36). The molecule has 1 aliphatic heterocycles. The smallest absolute Gasteiger partial charge is 0.273 e. The number of carbonyl (C=O) groups is 1. The Morgan fingerprint density at radius 3 is 2.50 bits per heavy atom. The zero-order valence-corrected chi connectivity index (χ0v) is 25.3. The molecule has 0 aliphatic carbocycles. The van der Waals surface area contributed by atoms with Gasteiger partial charge in [-0.05, 0) is 78.8 Å². The van der Waals surface area contributed by atoms with Gasteiger partial charge in [-0.3, -0.25) is 9.89 Å². The van der Waals surface area contributed by atoms with E-state index in [2.05, 4.69) is 24.0 Å². The van der Waals surface area contributed by atoms with E-state index in [4.69, 9.17) is 25.8 Å². The lowest BCUT2D eigenvalue weighted by Crippen LogP contribution is -2.31.